The van der Waals surface area contributed by atoms with Crippen molar-refractivity contribution < 1.29 is 14.3 Å². The number of hydrogen-bond donors (Lipinski definition) is 2. The Hall–Kier alpha value is -3.80. The third-order valence-electron chi connectivity index (χ3n) is 5.40. The van der Waals surface area contributed by atoms with Crippen molar-refractivity contribution in [2.45, 2.75) is 12.8 Å². The van der Waals surface area contributed by atoms with Gasteiger partial charge in [-0.2, -0.15) is 0 Å². The van der Waals surface area contributed by atoms with Gasteiger partial charge in [-0.25, -0.2) is 0 Å². The smallest absolute Gasteiger partial charge is 0.251 e. The topological polar surface area (TPSA) is 80.4 Å². The zero-order valence-electron chi connectivity index (χ0n) is 17.5. The SMILES string of the molecule is COc1ccc(OC)c2[nH]c(=O)c(CCNC(=O)Cc3cccc4ccccc34)cc12. The van der Waals surface area contributed by atoms with E-state index in [1.54, 1.807) is 32.4 Å². The summed E-state index contributed by atoms with van der Waals surface area (Å²) < 4.78 is 10.8. The summed E-state index contributed by atoms with van der Waals surface area (Å²) >= 11 is 0. The number of amides is 1. The predicted octanol–water partition coefficient (Wildman–Crippen LogP) is 3.60. The van der Waals surface area contributed by atoms with E-state index in [2.05, 4.69) is 10.3 Å². The number of nitrogens with one attached hydrogen (secondary N) is 2. The fraction of sp³-hybridized carbons (Fsp3) is 0.200. The Morgan fingerprint density at radius 3 is 2.45 bits per heavy atom. The standard InChI is InChI=1S/C25H24N2O4/c1-30-21-10-11-22(31-2)24-20(21)14-18(25(29)27-24)12-13-26-23(28)15-17-8-5-7-16-6-3-4-9-19(16)17/h3-11,14H,12-13,15H2,1-2H3,(H,26,28)(H,27,29). The Bertz CT molecular complexity index is 1300. The van der Waals surface area contributed by atoms with Crippen LogP contribution in [0.2, 0.25) is 0 Å². The monoisotopic (exact) mass is 416 g/mol. The molecule has 0 saturated heterocycles. The molecule has 1 aromatic heterocycles. The quantitative estimate of drug-likeness (QED) is 0.482. The lowest BCUT2D eigenvalue weighted by molar-refractivity contribution is -0.120. The summed E-state index contributed by atoms with van der Waals surface area (Å²) in [5, 5.41) is 5.87. The largest absolute Gasteiger partial charge is 0.496 e. The fourth-order valence-electron chi connectivity index (χ4n) is 3.84. The summed E-state index contributed by atoms with van der Waals surface area (Å²) in [6.07, 6.45) is 0.702. The van der Waals surface area contributed by atoms with E-state index in [4.69, 9.17) is 9.47 Å². The second-order valence-electron chi connectivity index (χ2n) is 7.30. The first-order valence-electron chi connectivity index (χ1n) is 10.1. The van der Waals surface area contributed by atoms with Gasteiger partial charge in [-0.05, 0) is 41.0 Å². The molecular weight excluding hydrogens is 392 g/mol. The van der Waals surface area contributed by atoms with Crippen molar-refractivity contribution in [3.63, 3.8) is 0 Å². The lowest BCUT2D eigenvalue weighted by Gasteiger charge is -2.11. The summed E-state index contributed by atoms with van der Waals surface area (Å²) in [6.45, 7) is 0.366. The maximum absolute atomic E-state index is 12.5. The molecule has 0 radical (unpaired) electrons. The number of benzene rings is 3. The zero-order chi connectivity index (χ0) is 21.8. The molecule has 2 N–H and O–H groups in total. The summed E-state index contributed by atoms with van der Waals surface area (Å²) in [4.78, 5) is 27.9. The van der Waals surface area contributed by atoms with E-state index in [1.165, 1.54) is 0 Å². The number of methoxy groups -OCH3 is 2. The third kappa shape index (κ3) is 4.23. The molecular formula is C25H24N2O4. The average Bonchev–Trinajstić information content (AvgIpc) is 2.79. The molecule has 0 aliphatic rings. The molecule has 6 heteroatoms. The van der Waals surface area contributed by atoms with Gasteiger partial charge in [0.1, 0.15) is 11.5 Å². The Balaban J connectivity index is 1.47. The number of H-pyrrole nitrogens is 1. The van der Waals surface area contributed by atoms with Crippen LogP contribution in [0.1, 0.15) is 11.1 Å². The second-order valence-corrected chi connectivity index (χ2v) is 7.30. The van der Waals surface area contributed by atoms with Crippen molar-refractivity contribution in [3.05, 3.63) is 82.1 Å². The van der Waals surface area contributed by atoms with Gasteiger partial charge < -0.3 is 19.8 Å². The van der Waals surface area contributed by atoms with Crippen LogP contribution in [0.4, 0.5) is 0 Å². The molecule has 0 atom stereocenters. The van der Waals surface area contributed by atoms with Crippen molar-refractivity contribution in [3.8, 4) is 11.5 Å². The van der Waals surface area contributed by atoms with E-state index >= 15 is 0 Å². The molecule has 0 saturated carbocycles. The normalized spacial score (nSPS) is 10.9. The van der Waals surface area contributed by atoms with E-state index in [9.17, 15) is 9.59 Å². The first-order valence-corrected chi connectivity index (χ1v) is 10.1. The van der Waals surface area contributed by atoms with Gasteiger partial charge in [0.2, 0.25) is 5.91 Å². The van der Waals surface area contributed by atoms with E-state index in [0.29, 0.717) is 42.0 Å². The number of aromatic nitrogens is 1. The van der Waals surface area contributed by atoms with Crippen LogP contribution >= 0.6 is 0 Å². The van der Waals surface area contributed by atoms with Crippen LogP contribution in [0.3, 0.4) is 0 Å². The highest BCUT2D eigenvalue weighted by atomic mass is 16.5. The summed E-state index contributed by atoms with van der Waals surface area (Å²) in [5.74, 6) is 1.14. The molecule has 158 valence electrons. The number of pyridine rings is 1. The minimum Gasteiger partial charge on any atom is -0.496 e. The molecule has 3 aromatic carbocycles. The van der Waals surface area contributed by atoms with Gasteiger partial charge in [0.25, 0.3) is 5.56 Å². The van der Waals surface area contributed by atoms with Crippen molar-refractivity contribution in [1.29, 1.82) is 0 Å². The van der Waals surface area contributed by atoms with Crippen LogP contribution in [0, 0.1) is 0 Å². The van der Waals surface area contributed by atoms with Crippen LogP contribution in [-0.4, -0.2) is 31.7 Å². The van der Waals surface area contributed by atoms with Crippen molar-refractivity contribution in [1.82, 2.24) is 10.3 Å². The summed E-state index contributed by atoms with van der Waals surface area (Å²) in [5.41, 5.74) is 1.94. The number of aromatic amines is 1. The van der Waals surface area contributed by atoms with Gasteiger partial charge in [0.05, 0.1) is 26.2 Å². The maximum Gasteiger partial charge on any atom is 0.251 e. The van der Waals surface area contributed by atoms with Crippen molar-refractivity contribution >= 4 is 27.6 Å². The molecule has 0 unspecified atom stereocenters. The molecule has 0 spiro atoms. The summed E-state index contributed by atoms with van der Waals surface area (Å²) in [6, 6.07) is 19.3. The molecule has 0 aliphatic heterocycles. The third-order valence-corrected chi connectivity index (χ3v) is 5.40. The van der Waals surface area contributed by atoms with Gasteiger partial charge >= 0.3 is 0 Å². The van der Waals surface area contributed by atoms with Gasteiger partial charge in [-0.1, -0.05) is 42.5 Å². The highest BCUT2D eigenvalue weighted by Gasteiger charge is 2.12. The first kappa shape index (κ1) is 20.5. The molecule has 1 heterocycles. The van der Waals surface area contributed by atoms with Crippen LogP contribution in [0.25, 0.3) is 21.7 Å². The second kappa shape index (κ2) is 8.92. The maximum atomic E-state index is 12.5. The van der Waals surface area contributed by atoms with Gasteiger partial charge in [-0.3, -0.25) is 9.59 Å². The van der Waals surface area contributed by atoms with Crippen LogP contribution in [0.15, 0.2) is 65.5 Å². The van der Waals surface area contributed by atoms with Crippen molar-refractivity contribution in [2.75, 3.05) is 20.8 Å². The number of hydrogen-bond acceptors (Lipinski definition) is 4. The Morgan fingerprint density at radius 2 is 1.65 bits per heavy atom. The number of carbonyl (C=O) groups is 1. The van der Waals surface area contributed by atoms with E-state index in [1.807, 2.05) is 42.5 Å². The van der Waals surface area contributed by atoms with Crippen LogP contribution in [-0.2, 0) is 17.6 Å². The molecule has 4 aromatic rings. The molecule has 1 amide bonds. The number of carbonyl (C=O) groups excluding carboxylic acids is 1. The Morgan fingerprint density at radius 1 is 0.903 bits per heavy atom. The van der Waals surface area contributed by atoms with Crippen LogP contribution in [0.5, 0.6) is 11.5 Å². The highest BCUT2D eigenvalue weighted by Crippen LogP contribution is 2.31. The molecule has 6 nitrogen and oxygen atoms in total. The zero-order valence-corrected chi connectivity index (χ0v) is 17.5. The minimum atomic E-state index is -0.206. The Labute approximate surface area is 179 Å². The number of ether oxygens (including phenoxy) is 2. The predicted molar refractivity (Wildman–Crippen MR) is 122 cm³/mol. The lowest BCUT2D eigenvalue weighted by atomic mass is 10.0. The number of rotatable bonds is 7. The number of fused-ring (bicyclic) bond motifs is 2. The van der Waals surface area contributed by atoms with Gasteiger partial charge in [0, 0.05) is 17.5 Å². The highest BCUT2D eigenvalue weighted by molar-refractivity contribution is 5.91. The lowest BCUT2D eigenvalue weighted by Crippen LogP contribution is -2.28. The first-order chi connectivity index (χ1) is 15.1. The molecule has 31 heavy (non-hydrogen) atoms. The van der Waals surface area contributed by atoms with Crippen molar-refractivity contribution in [2.24, 2.45) is 0 Å². The molecule has 0 bridgehead atoms. The average molecular weight is 416 g/mol. The molecule has 0 aliphatic carbocycles. The fourth-order valence-corrected chi connectivity index (χ4v) is 3.84. The summed E-state index contributed by atoms with van der Waals surface area (Å²) in [7, 11) is 3.14. The minimum absolute atomic E-state index is 0.0761. The Kier molecular flexibility index (Phi) is 5.89. The van der Waals surface area contributed by atoms with E-state index in [0.717, 1.165) is 21.7 Å². The van der Waals surface area contributed by atoms with E-state index in [-0.39, 0.29) is 11.5 Å². The van der Waals surface area contributed by atoms with Gasteiger partial charge in [-0.15, -0.1) is 0 Å². The molecule has 4 rings (SSSR count). The van der Waals surface area contributed by atoms with E-state index < -0.39 is 0 Å². The molecule has 0 fully saturated rings. The van der Waals surface area contributed by atoms with Crippen LogP contribution < -0.4 is 20.3 Å². The van der Waals surface area contributed by atoms with Gasteiger partial charge in [0.15, 0.2) is 0 Å².